The molecule has 0 aliphatic heterocycles. The molecule has 0 radical (unpaired) electrons. The smallest absolute Gasteiger partial charge is 0.261 e. The van der Waals surface area contributed by atoms with Gasteiger partial charge in [0.1, 0.15) is 6.04 Å². The summed E-state index contributed by atoms with van der Waals surface area (Å²) in [5.41, 5.74) is 0.529. The molecule has 2 aromatic carbocycles. The molecular weight excluding hydrogens is 430 g/mol. The molecule has 2 amide bonds. The molecule has 1 unspecified atom stereocenters. The first-order valence-electron chi connectivity index (χ1n) is 9.76. The molecule has 1 N–H and O–H groups in total. The van der Waals surface area contributed by atoms with E-state index in [4.69, 9.17) is 27.9 Å². The number of rotatable bonds is 10. The first-order valence-corrected chi connectivity index (χ1v) is 10.5. The van der Waals surface area contributed by atoms with Crippen molar-refractivity contribution in [3.8, 4) is 5.75 Å². The number of hydrogen-bond acceptors (Lipinski definition) is 3. The van der Waals surface area contributed by atoms with Crippen LogP contribution in [0.3, 0.4) is 0 Å². The third kappa shape index (κ3) is 6.34. The van der Waals surface area contributed by atoms with Crippen molar-refractivity contribution in [2.45, 2.75) is 39.3 Å². The first-order chi connectivity index (χ1) is 14.4. The van der Waals surface area contributed by atoms with Crippen LogP contribution in [0, 0.1) is 5.82 Å². The highest BCUT2D eigenvalue weighted by atomic mass is 35.5. The van der Waals surface area contributed by atoms with Gasteiger partial charge >= 0.3 is 0 Å². The zero-order valence-electron chi connectivity index (χ0n) is 17.0. The number of amides is 2. The molecule has 162 valence electrons. The summed E-state index contributed by atoms with van der Waals surface area (Å²) in [7, 11) is 0. The summed E-state index contributed by atoms with van der Waals surface area (Å²) in [6.45, 7) is 3.84. The van der Waals surface area contributed by atoms with Crippen molar-refractivity contribution in [2.24, 2.45) is 0 Å². The SMILES string of the molecule is CCCNC(=O)C(CC)N(Cc1c(Cl)cccc1Cl)C(=O)COc1ccccc1F. The Balaban J connectivity index is 2.27. The number of carbonyl (C=O) groups excluding carboxylic acids is 2. The second kappa shape index (κ2) is 11.8. The van der Waals surface area contributed by atoms with Crippen LogP contribution in [0.5, 0.6) is 5.75 Å². The average Bonchev–Trinajstić information content (AvgIpc) is 2.73. The minimum atomic E-state index is -0.749. The summed E-state index contributed by atoms with van der Waals surface area (Å²) in [4.78, 5) is 27.1. The predicted molar refractivity (Wildman–Crippen MR) is 116 cm³/mol. The van der Waals surface area contributed by atoms with Crippen LogP contribution in [0.25, 0.3) is 0 Å². The molecule has 2 aromatic rings. The highest BCUT2D eigenvalue weighted by Gasteiger charge is 2.30. The quantitative estimate of drug-likeness (QED) is 0.558. The average molecular weight is 455 g/mol. The van der Waals surface area contributed by atoms with Gasteiger partial charge < -0.3 is 15.0 Å². The van der Waals surface area contributed by atoms with Gasteiger partial charge in [0, 0.05) is 28.7 Å². The lowest BCUT2D eigenvalue weighted by Gasteiger charge is -2.31. The maximum atomic E-state index is 13.8. The molecule has 5 nitrogen and oxygen atoms in total. The van der Waals surface area contributed by atoms with E-state index in [-0.39, 0.29) is 18.2 Å². The zero-order valence-corrected chi connectivity index (χ0v) is 18.5. The lowest BCUT2D eigenvalue weighted by atomic mass is 10.1. The van der Waals surface area contributed by atoms with E-state index in [0.717, 1.165) is 6.42 Å². The van der Waals surface area contributed by atoms with Crippen molar-refractivity contribution in [1.82, 2.24) is 10.2 Å². The first kappa shape index (κ1) is 24.0. The van der Waals surface area contributed by atoms with E-state index in [9.17, 15) is 14.0 Å². The maximum absolute atomic E-state index is 13.8. The highest BCUT2D eigenvalue weighted by molar-refractivity contribution is 6.36. The second-order valence-corrected chi connectivity index (χ2v) is 7.47. The third-order valence-corrected chi connectivity index (χ3v) is 5.22. The molecule has 0 bridgehead atoms. The van der Waals surface area contributed by atoms with Crippen LogP contribution in [-0.4, -0.2) is 35.9 Å². The summed E-state index contributed by atoms with van der Waals surface area (Å²) in [6, 6.07) is 10.1. The summed E-state index contributed by atoms with van der Waals surface area (Å²) in [6.07, 6.45) is 1.14. The van der Waals surface area contributed by atoms with Crippen molar-refractivity contribution >= 4 is 35.0 Å². The van der Waals surface area contributed by atoms with Crippen LogP contribution in [0.1, 0.15) is 32.3 Å². The van der Waals surface area contributed by atoms with Crippen molar-refractivity contribution in [2.75, 3.05) is 13.2 Å². The number of ether oxygens (including phenoxy) is 1. The molecule has 0 aliphatic carbocycles. The summed E-state index contributed by atoms with van der Waals surface area (Å²) in [5.74, 6) is -1.36. The largest absolute Gasteiger partial charge is 0.481 e. The standard InChI is InChI=1S/C22H25Cl2FN2O3/c1-3-12-26-22(29)19(4-2)27(13-15-16(23)8-7-9-17(15)24)21(28)14-30-20-11-6-5-10-18(20)25/h5-11,19H,3-4,12-14H2,1-2H3,(H,26,29). The van der Waals surface area contributed by atoms with Crippen molar-refractivity contribution in [3.05, 3.63) is 63.9 Å². The van der Waals surface area contributed by atoms with Gasteiger partial charge in [0.25, 0.3) is 5.91 Å². The number of nitrogens with one attached hydrogen (secondary N) is 1. The van der Waals surface area contributed by atoms with Crippen LogP contribution in [0.2, 0.25) is 10.0 Å². The van der Waals surface area contributed by atoms with Gasteiger partial charge in [-0.05, 0) is 37.1 Å². The number of nitrogens with zero attached hydrogens (tertiary/aromatic N) is 1. The highest BCUT2D eigenvalue weighted by Crippen LogP contribution is 2.27. The molecule has 8 heteroatoms. The fourth-order valence-electron chi connectivity index (χ4n) is 2.92. The Labute approximate surface area is 186 Å². The van der Waals surface area contributed by atoms with Crippen LogP contribution in [-0.2, 0) is 16.1 Å². The molecule has 1 atom stereocenters. The zero-order chi connectivity index (χ0) is 22.1. The van der Waals surface area contributed by atoms with Gasteiger partial charge in [0.15, 0.2) is 18.2 Å². The Bertz CT molecular complexity index is 859. The number of carbonyl (C=O) groups is 2. The molecule has 0 aliphatic rings. The topological polar surface area (TPSA) is 58.6 Å². The summed E-state index contributed by atoms with van der Waals surface area (Å²) in [5, 5.41) is 3.59. The number of hydrogen-bond donors (Lipinski definition) is 1. The molecule has 0 fully saturated rings. The molecule has 2 rings (SSSR count). The lowest BCUT2D eigenvalue weighted by Crippen LogP contribution is -2.50. The van der Waals surface area contributed by atoms with Crippen molar-refractivity contribution in [1.29, 1.82) is 0 Å². The van der Waals surface area contributed by atoms with E-state index in [1.165, 1.54) is 23.1 Å². The normalized spacial score (nSPS) is 11.6. The second-order valence-electron chi connectivity index (χ2n) is 6.66. The van der Waals surface area contributed by atoms with E-state index in [1.807, 2.05) is 13.8 Å². The van der Waals surface area contributed by atoms with E-state index < -0.39 is 24.4 Å². The van der Waals surface area contributed by atoms with Gasteiger partial charge in [-0.3, -0.25) is 9.59 Å². The molecule has 0 saturated heterocycles. The molecule has 0 saturated carbocycles. The van der Waals surface area contributed by atoms with Gasteiger partial charge in [-0.25, -0.2) is 4.39 Å². The van der Waals surface area contributed by atoms with Crippen LogP contribution >= 0.6 is 23.2 Å². The van der Waals surface area contributed by atoms with Crippen LogP contribution in [0.15, 0.2) is 42.5 Å². The van der Waals surface area contributed by atoms with E-state index >= 15 is 0 Å². The fourth-order valence-corrected chi connectivity index (χ4v) is 3.44. The minimum absolute atomic E-state index is 0.0238. The minimum Gasteiger partial charge on any atom is -0.481 e. The van der Waals surface area contributed by atoms with E-state index in [2.05, 4.69) is 5.32 Å². The number of para-hydroxylation sites is 1. The Morgan fingerprint density at radius 3 is 2.37 bits per heavy atom. The van der Waals surface area contributed by atoms with Crippen LogP contribution < -0.4 is 10.1 Å². The lowest BCUT2D eigenvalue weighted by molar-refractivity contribution is -0.143. The predicted octanol–water partition coefficient (Wildman–Crippen LogP) is 4.84. The van der Waals surface area contributed by atoms with Gasteiger partial charge in [0.2, 0.25) is 5.91 Å². The van der Waals surface area contributed by atoms with Gasteiger partial charge in [-0.2, -0.15) is 0 Å². The fraction of sp³-hybridized carbons (Fsp3) is 0.364. The van der Waals surface area contributed by atoms with Gasteiger partial charge in [-0.1, -0.05) is 55.2 Å². The summed E-state index contributed by atoms with van der Waals surface area (Å²) < 4.78 is 19.2. The molecule has 0 heterocycles. The number of benzene rings is 2. The molecular formula is C22H25Cl2FN2O3. The van der Waals surface area contributed by atoms with Gasteiger partial charge in [0.05, 0.1) is 0 Å². The van der Waals surface area contributed by atoms with Crippen molar-refractivity contribution < 1.29 is 18.7 Å². The van der Waals surface area contributed by atoms with E-state index in [1.54, 1.807) is 24.3 Å². The van der Waals surface area contributed by atoms with E-state index in [0.29, 0.717) is 28.6 Å². The molecule has 30 heavy (non-hydrogen) atoms. The Kier molecular flexibility index (Phi) is 9.40. The maximum Gasteiger partial charge on any atom is 0.261 e. The Hall–Kier alpha value is -2.31. The summed E-state index contributed by atoms with van der Waals surface area (Å²) >= 11 is 12.6. The Morgan fingerprint density at radius 2 is 1.77 bits per heavy atom. The van der Waals surface area contributed by atoms with Crippen molar-refractivity contribution in [3.63, 3.8) is 0 Å². The molecule has 0 spiro atoms. The third-order valence-electron chi connectivity index (χ3n) is 4.51. The molecule has 0 aromatic heterocycles. The van der Waals surface area contributed by atoms with Crippen LogP contribution in [0.4, 0.5) is 4.39 Å². The number of halogens is 3. The monoisotopic (exact) mass is 454 g/mol. The Morgan fingerprint density at radius 1 is 1.10 bits per heavy atom. The van der Waals surface area contributed by atoms with Gasteiger partial charge in [-0.15, -0.1) is 0 Å².